The van der Waals surface area contributed by atoms with Gasteiger partial charge in [0.2, 0.25) is 0 Å². The molecule has 0 bridgehead atoms. The predicted molar refractivity (Wildman–Crippen MR) is 76.1 cm³/mol. The SMILES string of the molecule is CCNC(=O)N1CCc2c(c3ccccc3n2C)C1. The van der Waals surface area contributed by atoms with Crippen molar-refractivity contribution in [2.75, 3.05) is 13.1 Å². The van der Waals surface area contributed by atoms with Gasteiger partial charge in [-0.05, 0) is 13.0 Å². The molecule has 2 amide bonds. The van der Waals surface area contributed by atoms with Crippen LogP contribution in [0.2, 0.25) is 0 Å². The predicted octanol–water partition coefficient (Wildman–Crippen LogP) is 2.27. The van der Waals surface area contributed by atoms with Crippen molar-refractivity contribution in [3.63, 3.8) is 0 Å². The van der Waals surface area contributed by atoms with E-state index in [-0.39, 0.29) is 6.03 Å². The Balaban J connectivity index is 2.00. The van der Waals surface area contributed by atoms with E-state index in [2.05, 4.69) is 41.2 Å². The van der Waals surface area contributed by atoms with Gasteiger partial charge >= 0.3 is 6.03 Å². The van der Waals surface area contributed by atoms with E-state index in [0.29, 0.717) is 13.1 Å². The minimum absolute atomic E-state index is 0.0427. The summed E-state index contributed by atoms with van der Waals surface area (Å²) in [6.45, 7) is 4.13. The maximum Gasteiger partial charge on any atom is 0.317 e. The van der Waals surface area contributed by atoms with Crippen LogP contribution in [0.3, 0.4) is 0 Å². The molecule has 2 heterocycles. The molecule has 4 heteroatoms. The second kappa shape index (κ2) is 4.61. The van der Waals surface area contributed by atoms with Gasteiger partial charge in [0, 0.05) is 55.3 Å². The molecule has 1 aromatic heterocycles. The first-order valence-electron chi connectivity index (χ1n) is 6.80. The van der Waals surface area contributed by atoms with Gasteiger partial charge in [-0.2, -0.15) is 0 Å². The molecular weight excluding hydrogens is 238 g/mol. The summed E-state index contributed by atoms with van der Waals surface area (Å²) >= 11 is 0. The standard InChI is InChI=1S/C15H19N3O/c1-3-16-15(19)18-9-8-14-12(10-18)11-6-4-5-7-13(11)17(14)2/h4-7H,3,8-10H2,1-2H3,(H,16,19). The van der Waals surface area contributed by atoms with E-state index in [1.165, 1.54) is 22.2 Å². The monoisotopic (exact) mass is 257 g/mol. The summed E-state index contributed by atoms with van der Waals surface area (Å²) in [5.74, 6) is 0. The molecule has 0 fully saturated rings. The third-order valence-corrected chi connectivity index (χ3v) is 3.93. The fraction of sp³-hybridized carbons (Fsp3) is 0.400. The molecule has 1 N–H and O–H groups in total. The summed E-state index contributed by atoms with van der Waals surface area (Å²) in [5, 5.41) is 4.15. The number of carbonyl (C=O) groups excluding carboxylic acids is 1. The molecule has 0 saturated heterocycles. The van der Waals surface area contributed by atoms with E-state index in [1.54, 1.807) is 0 Å². The smallest absolute Gasteiger partial charge is 0.317 e. The normalized spacial score (nSPS) is 14.5. The zero-order valence-electron chi connectivity index (χ0n) is 11.4. The largest absolute Gasteiger partial charge is 0.347 e. The first-order chi connectivity index (χ1) is 9.22. The number of aryl methyl sites for hydroxylation is 1. The van der Waals surface area contributed by atoms with E-state index < -0.39 is 0 Å². The Labute approximate surface area is 113 Å². The molecular formula is C15H19N3O. The number of para-hydroxylation sites is 1. The summed E-state index contributed by atoms with van der Waals surface area (Å²) in [5.41, 5.74) is 3.92. The minimum atomic E-state index is 0.0427. The molecule has 100 valence electrons. The zero-order valence-corrected chi connectivity index (χ0v) is 11.4. The minimum Gasteiger partial charge on any atom is -0.347 e. The lowest BCUT2D eigenvalue weighted by molar-refractivity contribution is 0.192. The fourth-order valence-electron chi connectivity index (χ4n) is 2.97. The summed E-state index contributed by atoms with van der Waals surface area (Å²) < 4.78 is 2.26. The van der Waals surface area contributed by atoms with Gasteiger partial charge in [0.1, 0.15) is 0 Å². The average Bonchev–Trinajstić information content (AvgIpc) is 2.73. The highest BCUT2D eigenvalue weighted by atomic mass is 16.2. The fourth-order valence-corrected chi connectivity index (χ4v) is 2.97. The summed E-state index contributed by atoms with van der Waals surface area (Å²) in [6, 6.07) is 8.46. The number of urea groups is 1. The lowest BCUT2D eigenvalue weighted by atomic mass is 10.0. The van der Waals surface area contributed by atoms with Gasteiger partial charge in [-0.1, -0.05) is 18.2 Å². The van der Waals surface area contributed by atoms with Crippen molar-refractivity contribution < 1.29 is 4.79 Å². The second-order valence-corrected chi connectivity index (χ2v) is 5.01. The number of amides is 2. The van der Waals surface area contributed by atoms with Crippen molar-refractivity contribution in [1.82, 2.24) is 14.8 Å². The summed E-state index contributed by atoms with van der Waals surface area (Å²) in [7, 11) is 2.11. The van der Waals surface area contributed by atoms with Crippen LogP contribution < -0.4 is 5.32 Å². The Hall–Kier alpha value is -1.97. The van der Waals surface area contributed by atoms with Crippen LogP contribution in [0, 0.1) is 0 Å². The van der Waals surface area contributed by atoms with Crippen LogP contribution in [0.15, 0.2) is 24.3 Å². The van der Waals surface area contributed by atoms with Crippen molar-refractivity contribution in [2.45, 2.75) is 19.9 Å². The average molecular weight is 257 g/mol. The zero-order chi connectivity index (χ0) is 13.4. The Morgan fingerprint density at radius 1 is 1.37 bits per heavy atom. The number of carbonyl (C=O) groups is 1. The first kappa shape index (κ1) is 12.1. The Kier molecular flexibility index (Phi) is 2.93. The first-order valence-corrected chi connectivity index (χ1v) is 6.80. The van der Waals surface area contributed by atoms with Crippen LogP contribution in [0.1, 0.15) is 18.2 Å². The van der Waals surface area contributed by atoms with E-state index in [0.717, 1.165) is 13.0 Å². The van der Waals surface area contributed by atoms with E-state index in [9.17, 15) is 4.79 Å². The molecule has 0 aliphatic carbocycles. The number of fused-ring (bicyclic) bond motifs is 3. The molecule has 1 aliphatic rings. The van der Waals surface area contributed by atoms with Crippen molar-refractivity contribution in [1.29, 1.82) is 0 Å². The Morgan fingerprint density at radius 2 is 2.16 bits per heavy atom. The van der Waals surface area contributed by atoms with Crippen LogP contribution >= 0.6 is 0 Å². The van der Waals surface area contributed by atoms with Crippen molar-refractivity contribution in [3.05, 3.63) is 35.5 Å². The lowest BCUT2D eigenvalue weighted by Gasteiger charge is -2.28. The highest BCUT2D eigenvalue weighted by molar-refractivity contribution is 5.86. The number of nitrogens with zero attached hydrogens (tertiary/aromatic N) is 2. The second-order valence-electron chi connectivity index (χ2n) is 5.01. The van der Waals surface area contributed by atoms with E-state index in [4.69, 9.17) is 0 Å². The highest BCUT2D eigenvalue weighted by Gasteiger charge is 2.24. The van der Waals surface area contributed by atoms with Crippen LogP contribution in [-0.2, 0) is 20.0 Å². The van der Waals surface area contributed by atoms with Crippen molar-refractivity contribution in [2.24, 2.45) is 7.05 Å². The molecule has 4 nitrogen and oxygen atoms in total. The molecule has 0 atom stereocenters. The molecule has 0 saturated carbocycles. The van der Waals surface area contributed by atoms with Gasteiger partial charge in [-0.3, -0.25) is 0 Å². The lowest BCUT2D eigenvalue weighted by Crippen LogP contribution is -2.42. The number of hydrogen-bond donors (Lipinski definition) is 1. The van der Waals surface area contributed by atoms with Crippen molar-refractivity contribution in [3.8, 4) is 0 Å². The quantitative estimate of drug-likeness (QED) is 0.836. The molecule has 0 radical (unpaired) electrons. The maximum absolute atomic E-state index is 12.0. The number of nitrogens with one attached hydrogen (secondary N) is 1. The molecule has 2 aromatic rings. The van der Waals surface area contributed by atoms with Crippen LogP contribution in [-0.4, -0.2) is 28.6 Å². The van der Waals surface area contributed by atoms with Gasteiger partial charge in [-0.25, -0.2) is 4.79 Å². The number of aromatic nitrogens is 1. The van der Waals surface area contributed by atoms with E-state index in [1.807, 2.05) is 11.8 Å². The summed E-state index contributed by atoms with van der Waals surface area (Å²) in [6.07, 6.45) is 0.928. The number of rotatable bonds is 1. The molecule has 0 spiro atoms. The van der Waals surface area contributed by atoms with Crippen LogP contribution in [0.25, 0.3) is 10.9 Å². The van der Waals surface area contributed by atoms with Gasteiger partial charge in [-0.15, -0.1) is 0 Å². The third-order valence-electron chi connectivity index (χ3n) is 3.93. The van der Waals surface area contributed by atoms with Gasteiger partial charge in [0.15, 0.2) is 0 Å². The topological polar surface area (TPSA) is 37.3 Å². The molecule has 1 aromatic carbocycles. The Bertz CT molecular complexity index is 630. The molecule has 0 unspecified atom stereocenters. The van der Waals surface area contributed by atoms with Crippen LogP contribution in [0.5, 0.6) is 0 Å². The maximum atomic E-state index is 12.0. The molecule has 1 aliphatic heterocycles. The molecule has 19 heavy (non-hydrogen) atoms. The van der Waals surface area contributed by atoms with Gasteiger partial charge in [0.05, 0.1) is 0 Å². The Morgan fingerprint density at radius 3 is 2.95 bits per heavy atom. The number of benzene rings is 1. The van der Waals surface area contributed by atoms with Gasteiger partial charge < -0.3 is 14.8 Å². The van der Waals surface area contributed by atoms with E-state index >= 15 is 0 Å². The van der Waals surface area contributed by atoms with Gasteiger partial charge in [0.25, 0.3) is 0 Å². The molecule has 3 rings (SSSR count). The third kappa shape index (κ3) is 1.87. The number of hydrogen-bond acceptors (Lipinski definition) is 1. The van der Waals surface area contributed by atoms with Crippen LogP contribution in [0.4, 0.5) is 4.79 Å². The highest BCUT2D eigenvalue weighted by Crippen LogP contribution is 2.29. The summed E-state index contributed by atoms with van der Waals surface area (Å²) in [4.78, 5) is 13.9. The van der Waals surface area contributed by atoms with Crippen molar-refractivity contribution >= 4 is 16.9 Å².